The monoisotopic (exact) mass is 460 g/mol. The second-order valence-corrected chi connectivity index (χ2v) is 11.2. The van der Waals surface area contributed by atoms with Crippen molar-refractivity contribution in [2.24, 2.45) is 23.2 Å². The number of allylic oxidation sites excluding steroid dienone is 4. The van der Waals surface area contributed by atoms with Crippen molar-refractivity contribution in [2.75, 3.05) is 26.2 Å². The number of aliphatic hydroxyl groups excluding tert-OH is 1. The van der Waals surface area contributed by atoms with E-state index in [1.165, 1.54) is 38.0 Å². The zero-order chi connectivity index (χ0) is 23.7. The van der Waals surface area contributed by atoms with Gasteiger partial charge in [-0.2, -0.15) is 0 Å². The van der Waals surface area contributed by atoms with Crippen LogP contribution in [0.4, 0.5) is 0 Å². The number of imidazole rings is 1. The van der Waals surface area contributed by atoms with Crippen molar-refractivity contribution in [1.29, 1.82) is 0 Å². The van der Waals surface area contributed by atoms with Gasteiger partial charge >= 0.3 is 0 Å². The zero-order valence-electron chi connectivity index (χ0n) is 21.0. The fraction of sp³-hybridized carbons (Fsp3) is 0.552. The summed E-state index contributed by atoms with van der Waals surface area (Å²) in [5, 5.41) is 10.3. The van der Waals surface area contributed by atoms with Crippen molar-refractivity contribution in [3.8, 4) is 5.69 Å². The van der Waals surface area contributed by atoms with E-state index >= 15 is 0 Å². The van der Waals surface area contributed by atoms with Gasteiger partial charge in [0.15, 0.2) is 0 Å². The molecule has 3 aliphatic rings. The van der Waals surface area contributed by atoms with Crippen LogP contribution in [0.5, 0.6) is 0 Å². The van der Waals surface area contributed by atoms with Crippen LogP contribution in [0.3, 0.4) is 0 Å². The van der Waals surface area contributed by atoms with Crippen LogP contribution in [-0.2, 0) is 6.54 Å². The van der Waals surface area contributed by atoms with E-state index in [9.17, 15) is 5.11 Å². The maximum absolute atomic E-state index is 10.3. The maximum atomic E-state index is 10.3. The second-order valence-electron chi connectivity index (χ2n) is 11.2. The molecule has 5 atom stereocenters. The molecule has 5 heteroatoms. The Labute approximate surface area is 204 Å². The lowest BCUT2D eigenvalue weighted by molar-refractivity contribution is -0.0223. The molecule has 2 saturated heterocycles. The number of hydrogen-bond donors (Lipinski definition) is 1. The van der Waals surface area contributed by atoms with Crippen LogP contribution in [-0.4, -0.2) is 56.7 Å². The molecule has 1 aromatic heterocycles. The van der Waals surface area contributed by atoms with Crippen LogP contribution in [0.25, 0.3) is 5.69 Å². The van der Waals surface area contributed by atoms with Gasteiger partial charge in [0, 0.05) is 49.7 Å². The third-order valence-electron chi connectivity index (χ3n) is 8.93. The first-order chi connectivity index (χ1) is 16.4. The molecule has 34 heavy (non-hydrogen) atoms. The number of aromatic nitrogens is 2. The number of fused-ring (bicyclic) bond motifs is 1. The van der Waals surface area contributed by atoms with E-state index in [0.717, 1.165) is 25.2 Å². The summed E-state index contributed by atoms with van der Waals surface area (Å²) in [6, 6.07) is 9.53. The van der Waals surface area contributed by atoms with Gasteiger partial charge in [-0.05, 0) is 73.4 Å². The van der Waals surface area contributed by atoms with E-state index in [1.54, 1.807) is 0 Å². The Morgan fingerprint density at radius 3 is 2.71 bits per heavy atom. The Morgan fingerprint density at radius 2 is 1.94 bits per heavy atom. The van der Waals surface area contributed by atoms with Gasteiger partial charge < -0.3 is 9.67 Å². The Bertz CT molecular complexity index is 1010. The molecule has 1 aromatic carbocycles. The van der Waals surface area contributed by atoms with Gasteiger partial charge in [-0.25, -0.2) is 4.98 Å². The molecule has 0 amide bonds. The highest BCUT2D eigenvalue weighted by Crippen LogP contribution is 2.49. The summed E-state index contributed by atoms with van der Waals surface area (Å²) in [6.45, 7) is 12.9. The molecule has 0 spiro atoms. The molecule has 2 aliphatic heterocycles. The standard InChI is InChI=1S/C29H40N4O/c1-22-16-25(6-4-7-28(22)34)29(3)17-27-20-31(13-5-14-32(27)18-23(29)2)19-24-8-10-26(11-9-24)33-15-12-30-21-33/h4,6-12,15,21-23,25,27,34H,5,13-14,16-20H2,1-3H3/t22?,23?,25?,27?,29-/m1/s1. The number of rotatable bonds is 4. The molecule has 2 fully saturated rings. The van der Waals surface area contributed by atoms with E-state index < -0.39 is 0 Å². The van der Waals surface area contributed by atoms with Gasteiger partial charge in [0.2, 0.25) is 0 Å². The van der Waals surface area contributed by atoms with Gasteiger partial charge in [-0.1, -0.05) is 45.1 Å². The summed E-state index contributed by atoms with van der Waals surface area (Å²) in [5.74, 6) is 1.92. The molecule has 4 unspecified atom stereocenters. The third kappa shape index (κ3) is 4.73. The van der Waals surface area contributed by atoms with Crippen molar-refractivity contribution in [1.82, 2.24) is 19.4 Å². The van der Waals surface area contributed by atoms with E-state index in [1.807, 2.05) is 24.8 Å². The van der Waals surface area contributed by atoms with Crippen LogP contribution in [0.15, 0.2) is 67.0 Å². The predicted octanol–water partition coefficient (Wildman–Crippen LogP) is 5.45. The molecule has 3 heterocycles. The zero-order valence-corrected chi connectivity index (χ0v) is 21.0. The average Bonchev–Trinajstić information content (AvgIpc) is 3.22. The summed E-state index contributed by atoms with van der Waals surface area (Å²) >= 11 is 0. The molecular weight excluding hydrogens is 420 g/mol. The summed E-state index contributed by atoms with van der Waals surface area (Å²) in [7, 11) is 0. The highest BCUT2D eigenvalue weighted by molar-refractivity contribution is 5.34. The van der Waals surface area contributed by atoms with Crippen molar-refractivity contribution < 1.29 is 5.11 Å². The summed E-state index contributed by atoms with van der Waals surface area (Å²) < 4.78 is 2.05. The van der Waals surface area contributed by atoms with Crippen molar-refractivity contribution in [3.05, 3.63) is 72.5 Å². The van der Waals surface area contributed by atoms with Gasteiger partial charge in [-0.15, -0.1) is 0 Å². The predicted molar refractivity (Wildman–Crippen MR) is 138 cm³/mol. The van der Waals surface area contributed by atoms with Gasteiger partial charge in [-0.3, -0.25) is 9.80 Å². The van der Waals surface area contributed by atoms with Crippen LogP contribution in [0, 0.1) is 23.2 Å². The lowest BCUT2D eigenvalue weighted by Gasteiger charge is -2.52. The molecule has 1 N–H and O–H groups in total. The van der Waals surface area contributed by atoms with Gasteiger partial charge in [0.05, 0.1) is 12.1 Å². The smallest absolute Gasteiger partial charge is 0.0991 e. The third-order valence-corrected chi connectivity index (χ3v) is 8.93. The molecule has 0 saturated carbocycles. The first-order valence-electron chi connectivity index (χ1n) is 13.0. The first kappa shape index (κ1) is 23.4. The van der Waals surface area contributed by atoms with Crippen molar-refractivity contribution in [3.63, 3.8) is 0 Å². The number of nitrogens with zero attached hydrogens (tertiary/aromatic N) is 4. The first-order valence-corrected chi connectivity index (χ1v) is 13.0. The van der Waals surface area contributed by atoms with E-state index in [0.29, 0.717) is 23.6 Å². The van der Waals surface area contributed by atoms with E-state index in [4.69, 9.17) is 0 Å². The van der Waals surface area contributed by atoms with Crippen LogP contribution in [0.1, 0.15) is 45.6 Å². The SMILES string of the molecule is CC1CC([C@]2(C)CC3CN(Cc4ccc(-n5ccnc5)cc4)CCCN3CC2C)C=CC=C1O. The number of benzene rings is 1. The van der Waals surface area contributed by atoms with Gasteiger partial charge in [0.1, 0.15) is 0 Å². The quantitative estimate of drug-likeness (QED) is 0.659. The van der Waals surface area contributed by atoms with Gasteiger partial charge in [0.25, 0.3) is 0 Å². The number of piperidine rings is 1. The Hall–Kier alpha value is -2.37. The lowest BCUT2D eigenvalue weighted by atomic mass is 9.61. The van der Waals surface area contributed by atoms with Crippen molar-refractivity contribution in [2.45, 2.75) is 52.6 Å². The minimum Gasteiger partial charge on any atom is -0.512 e. The van der Waals surface area contributed by atoms with Crippen LogP contribution >= 0.6 is 0 Å². The van der Waals surface area contributed by atoms with E-state index in [-0.39, 0.29) is 11.3 Å². The summed E-state index contributed by atoms with van der Waals surface area (Å²) in [6.07, 6.45) is 15.5. The minimum atomic E-state index is 0.234. The second kappa shape index (κ2) is 9.71. The summed E-state index contributed by atoms with van der Waals surface area (Å²) in [5.41, 5.74) is 2.80. The molecule has 5 nitrogen and oxygen atoms in total. The number of aliphatic hydroxyl groups is 1. The van der Waals surface area contributed by atoms with Crippen molar-refractivity contribution >= 4 is 0 Å². The number of hydrogen-bond acceptors (Lipinski definition) is 4. The molecule has 5 rings (SSSR count). The maximum Gasteiger partial charge on any atom is 0.0991 e. The van der Waals surface area contributed by atoms with E-state index in [2.05, 4.69) is 76.5 Å². The Kier molecular flexibility index (Phi) is 6.67. The molecule has 0 bridgehead atoms. The normalized spacial score (nSPS) is 33.1. The highest BCUT2D eigenvalue weighted by atomic mass is 16.3. The molecular formula is C29H40N4O. The molecule has 0 radical (unpaired) electrons. The summed E-state index contributed by atoms with van der Waals surface area (Å²) in [4.78, 5) is 9.60. The fourth-order valence-corrected chi connectivity index (χ4v) is 6.51. The average molecular weight is 461 g/mol. The Morgan fingerprint density at radius 1 is 1.12 bits per heavy atom. The minimum absolute atomic E-state index is 0.234. The highest BCUT2D eigenvalue weighted by Gasteiger charge is 2.46. The van der Waals surface area contributed by atoms with Crippen LogP contribution < -0.4 is 0 Å². The Balaban J connectivity index is 1.28. The topological polar surface area (TPSA) is 44.5 Å². The van der Waals surface area contributed by atoms with Crippen LogP contribution in [0.2, 0.25) is 0 Å². The lowest BCUT2D eigenvalue weighted by Crippen LogP contribution is -2.55. The molecule has 182 valence electrons. The fourth-order valence-electron chi connectivity index (χ4n) is 6.51. The molecule has 1 aliphatic carbocycles. The molecule has 2 aromatic rings. The largest absolute Gasteiger partial charge is 0.512 e.